The second-order valence-corrected chi connectivity index (χ2v) is 6.89. The van der Waals surface area contributed by atoms with Gasteiger partial charge in [0, 0.05) is 44.1 Å². The molecule has 0 amide bonds. The van der Waals surface area contributed by atoms with Crippen molar-refractivity contribution in [2.75, 3.05) is 31.6 Å². The zero-order valence-corrected chi connectivity index (χ0v) is 15.0. The van der Waals surface area contributed by atoms with Gasteiger partial charge in [0.05, 0.1) is 6.10 Å². The molecular weight excluding hydrogens is 312 g/mol. The van der Waals surface area contributed by atoms with E-state index in [4.69, 9.17) is 0 Å². The van der Waals surface area contributed by atoms with E-state index < -0.39 is 6.10 Å². The van der Waals surface area contributed by atoms with Crippen LogP contribution in [0.25, 0.3) is 0 Å². The fraction of sp³-hybridized carbons (Fsp3) is 0.500. The molecule has 1 atom stereocenters. The van der Waals surface area contributed by atoms with E-state index in [0.29, 0.717) is 6.42 Å². The molecule has 0 spiro atoms. The third-order valence-electron chi connectivity index (χ3n) is 4.75. The Bertz CT molecular complexity index is 626. The second kappa shape index (κ2) is 8.92. The Labute approximate surface area is 150 Å². The standard InChI is InChI=1S/C20H28N4O/c1-23(13-10-19(25)18-8-4-2-5-9-18)16-17-14-21-20(22-15-17)24-11-6-3-7-12-24/h2,4-5,8-9,14-15,19,25H,3,6-7,10-13,16H2,1H3. The molecule has 2 heterocycles. The van der Waals surface area contributed by atoms with Crippen molar-refractivity contribution in [1.82, 2.24) is 14.9 Å². The summed E-state index contributed by atoms with van der Waals surface area (Å²) in [5.74, 6) is 0.852. The summed E-state index contributed by atoms with van der Waals surface area (Å²) in [4.78, 5) is 13.5. The van der Waals surface area contributed by atoms with Crippen LogP contribution in [0, 0.1) is 0 Å². The summed E-state index contributed by atoms with van der Waals surface area (Å²) in [6.07, 6.45) is 7.94. The van der Waals surface area contributed by atoms with E-state index in [2.05, 4.69) is 26.8 Å². The number of rotatable bonds is 7. The third-order valence-corrected chi connectivity index (χ3v) is 4.75. The van der Waals surface area contributed by atoms with Crippen molar-refractivity contribution >= 4 is 5.95 Å². The van der Waals surface area contributed by atoms with Gasteiger partial charge in [-0.15, -0.1) is 0 Å². The van der Waals surface area contributed by atoms with E-state index in [1.807, 2.05) is 42.7 Å². The number of aliphatic hydroxyl groups excluding tert-OH is 1. The first kappa shape index (κ1) is 17.8. The lowest BCUT2D eigenvalue weighted by molar-refractivity contribution is 0.147. The molecule has 0 saturated carbocycles. The number of hydrogen-bond donors (Lipinski definition) is 1. The average Bonchev–Trinajstić information content (AvgIpc) is 2.68. The summed E-state index contributed by atoms with van der Waals surface area (Å²) in [5, 5.41) is 10.3. The van der Waals surface area contributed by atoms with Gasteiger partial charge >= 0.3 is 0 Å². The van der Waals surface area contributed by atoms with Gasteiger partial charge < -0.3 is 14.9 Å². The van der Waals surface area contributed by atoms with Gasteiger partial charge in [0.25, 0.3) is 0 Å². The number of anilines is 1. The van der Waals surface area contributed by atoms with Gasteiger partial charge in [-0.25, -0.2) is 9.97 Å². The quantitative estimate of drug-likeness (QED) is 0.840. The predicted molar refractivity (Wildman–Crippen MR) is 100 cm³/mol. The maximum Gasteiger partial charge on any atom is 0.225 e. The van der Waals surface area contributed by atoms with Crippen molar-refractivity contribution in [2.45, 2.75) is 38.3 Å². The van der Waals surface area contributed by atoms with Crippen molar-refractivity contribution in [3.8, 4) is 0 Å². The molecule has 1 N–H and O–H groups in total. The van der Waals surface area contributed by atoms with Crippen LogP contribution in [0.2, 0.25) is 0 Å². The Balaban J connectivity index is 1.46. The van der Waals surface area contributed by atoms with Crippen LogP contribution >= 0.6 is 0 Å². The lowest BCUT2D eigenvalue weighted by Gasteiger charge is -2.26. The normalized spacial score (nSPS) is 16.2. The maximum atomic E-state index is 10.3. The highest BCUT2D eigenvalue weighted by Gasteiger charge is 2.13. The van der Waals surface area contributed by atoms with Crippen LogP contribution in [0.4, 0.5) is 5.95 Å². The Morgan fingerprint density at radius 3 is 2.44 bits per heavy atom. The summed E-state index contributed by atoms with van der Waals surface area (Å²) in [5.41, 5.74) is 2.09. The number of aliphatic hydroxyl groups is 1. The van der Waals surface area contributed by atoms with Gasteiger partial charge in [0.1, 0.15) is 0 Å². The van der Waals surface area contributed by atoms with Crippen molar-refractivity contribution < 1.29 is 5.11 Å². The van der Waals surface area contributed by atoms with Gasteiger partial charge in [0.2, 0.25) is 5.95 Å². The van der Waals surface area contributed by atoms with E-state index in [9.17, 15) is 5.11 Å². The molecule has 0 bridgehead atoms. The second-order valence-electron chi connectivity index (χ2n) is 6.89. The summed E-state index contributed by atoms with van der Waals surface area (Å²) >= 11 is 0. The van der Waals surface area contributed by atoms with Gasteiger partial charge in [-0.05, 0) is 38.3 Å². The molecule has 1 unspecified atom stereocenters. The molecule has 0 aliphatic carbocycles. The van der Waals surface area contributed by atoms with Crippen LogP contribution in [-0.4, -0.2) is 46.7 Å². The first-order chi connectivity index (χ1) is 12.2. The lowest BCUT2D eigenvalue weighted by Crippen LogP contribution is -2.31. The fourth-order valence-corrected chi connectivity index (χ4v) is 3.26. The van der Waals surface area contributed by atoms with E-state index in [1.165, 1.54) is 19.3 Å². The molecular formula is C20H28N4O. The molecule has 1 saturated heterocycles. The molecule has 3 rings (SSSR count). The predicted octanol–water partition coefficient (Wildman–Crippen LogP) is 3.02. The minimum atomic E-state index is -0.415. The van der Waals surface area contributed by atoms with Gasteiger partial charge in [-0.1, -0.05) is 30.3 Å². The number of nitrogens with zero attached hydrogens (tertiary/aromatic N) is 4. The first-order valence-corrected chi connectivity index (χ1v) is 9.20. The number of aromatic nitrogens is 2. The van der Waals surface area contributed by atoms with Crippen LogP contribution < -0.4 is 4.90 Å². The van der Waals surface area contributed by atoms with Crippen LogP contribution in [0.3, 0.4) is 0 Å². The first-order valence-electron chi connectivity index (χ1n) is 9.20. The average molecular weight is 340 g/mol. The Kier molecular flexibility index (Phi) is 6.36. The van der Waals surface area contributed by atoms with Gasteiger partial charge in [-0.2, -0.15) is 0 Å². The Hall–Kier alpha value is -1.98. The highest BCUT2D eigenvalue weighted by Crippen LogP contribution is 2.17. The van der Waals surface area contributed by atoms with Crippen LogP contribution in [-0.2, 0) is 6.54 Å². The largest absolute Gasteiger partial charge is 0.388 e. The number of hydrogen-bond acceptors (Lipinski definition) is 5. The fourth-order valence-electron chi connectivity index (χ4n) is 3.26. The Morgan fingerprint density at radius 2 is 1.76 bits per heavy atom. The smallest absolute Gasteiger partial charge is 0.225 e. The minimum Gasteiger partial charge on any atom is -0.388 e. The van der Waals surface area contributed by atoms with Crippen LogP contribution in [0.15, 0.2) is 42.7 Å². The highest BCUT2D eigenvalue weighted by atomic mass is 16.3. The highest BCUT2D eigenvalue weighted by molar-refractivity contribution is 5.30. The molecule has 0 radical (unpaired) electrons. The molecule has 1 fully saturated rings. The monoisotopic (exact) mass is 340 g/mol. The molecule has 134 valence electrons. The summed E-state index contributed by atoms with van der Waals surface area (Å²) < 4.78 is 0. The molecule has 25 heavy (non-hydrogen) atoms. The van der Waals surface area contributed by atoms with Crippen LogP contribution in [0.1, 0.15) is 42.9 Å². The van der Waals surface area contributed by atoms with E-state index in [0.717, 1.165) is 43.3 Å². The van der Waals surface area contributed by atoms with Gasteiger partial charge in [0.15, 0.2) is 0 Å². The molecule has 1 aliphatic rings. The van der Waals surface area contributed by atoms with E-state index in [1.54, 1.807) is 0 Å². The molecule has 1 aromatic heterocycles. The third kappa shape index (κ3) is 5.25. The van der Waals surface area contributed by atoms with E-state index >= 15 is 0 Å². The van der Waals surface area contributed by atoms with Crippen molar-refractivity contribution in [2.24, 2.45) is 0 Å². The van der Waals surface area contributed by atoms with Crippen LogP contribution in [0.5, 0.6) is 0 Å². The Morgan fingerprint density at radius 1 is 1.08 bits per heavy atom. The summed E-state index contributed by atoms with van der Waals surface area (Å²) in [7, 11) is 2.07. The zero-order valence-electron chi connectivity index (χ0n) is 15.0. The number of piperidine rings is 1. The minimum absolute atomic E-state index is 0.415. The molecule has 1 aliphatic heterocycles. The summed E-state index contributed by atoms with van der Waals surface area (Å²) in [6, 6.07) is 9.83. The summed E-state index contributed by atoms with van der Waals surface area (Å²) in [6.45, 7) is 3.75. The zero-order chi connectivity index (χ0) is 17.5. The van der Waals surface area contributed by atoms with Crippen molar-refractivity contribution in [1.29, 1.82) is 0 Å². The molecule has 2 aromatic rings. The topological polar surface area (TPSA) is 52.5 Å². The lowest BCUT2D eigenvalue weighted by atomic mass is 10.1. The number of benzene rings is 1. The molecule has 5 nitrogen and oxygen atoms in total. The molecule has 1 aromatic carbocycles. The maximum absolute atomic E-state index is 10.3. The SMILES string of the molecule is CN(CCC(O)c1ccccc1)Cc1cnc(N2CCCCC2)nc1. The van der Waals surface area contributed by atoms with Gasteiger partial charge in [-0.3, -0.25) is 0 Å². The van der Waals surface area contributed by atoms with Crippen molar-refractivity contribution in [3.05, 3.63) is 53.9 Å². The molecule has 5 heteroatoms. The van der Waals surface area contributed by atoms with E-state index in [-0.39, 0.29) is 0 Å². The van der Waals surface area contributed by atoms with Crippen molar-refractivity contribution in [3.63, 3.8) is 0 Å².